The van der Waals surface area contributed by atoms with Crippen molar-refractivity contribution in [3.05, 3.63) is 58.7 Å². The van der Waals surface area contributed by atoms with E-state index in [0.717, 1.165) is 37.4 Å². The van der Waals surface area contributed by atoms with Crippen LogP contribution < -0.4 is 15.2 Å². The standard InChI is InChI=1S/C22H30N2O2/c1-5-19(23)22-18-13-21(26-4)20(25-3)12-17(18)10-11-24(22)14-16-8-6-15(2)7-9-16/h6-9,12-13,19,22H,5,10-11,14,23H2,1-4H3/t19-,22+/m1/s1. The van der Waals surface area contributed by atoms with Crippen molar-refractivity contribution in [2.75, 3.05) is 20.8 Å². The van der Waals surface area contributed by atoms with Gasteiger partial charge in [0, 0.05) is 19.1 Å². The SMILES string of the molecule is CC[C@@H](N)[C@@H]1c2cc(OC)c(OC)cc2CCN1Cc1ccc(C)cc1. The Labute approximate surface area is 156 Å². The summed E-state index contributed by atoms with van der Waals surface area (Å²) in [6, 6.07) is 13.3. The highest BCUT2D eigenvalue weighted by Crippen LogP contribution is 2.40. The Morgan fingerprint density at radius 3 is 2.38 bits per heavy atom. The zero-order chi connectivity index (χ0) is 18.7. The second-order valence-corrected chi connectivity index (χ2v) is 7.13. The first-order valence-corrected chi connectivity index (χ1v) is 9.37. The van der Waals surface area contributed by atoms with Crippen molar-refractivity contribution in [1.82, 2.24) is 4.90 Å². The van der Waals surface area contributed by atoms with Crippen molar-refractivity contribution in [2.24, 2.45) is 5.73 Å². The van der Waals surface area contributed by atoms with Crippen LogP contribution in [0.15, 0.2) is 36.4 Å². The van der Waals surface area contributed by atoms with Crippen molar-refractivity contribution in [3.8, 4) is 11.5 Å². The fourth-order valence-electron chi connectivity index (χ4n) is 3.86. The number of nitrogens with two attached hydrogens (primary N) is 1. The van der Waals surface area contributed by atoms with Crippen LogP contribution in [0.4, 0.5) is 0 Å². The molecule has 2 atom stereocenters. The number of ether oxygens (including phenoxy) is 2. The quantitative estimate of drug-likeness (QED) is 0.856. The Morgan fingerprint density at radius 1 is 1.12 bits per heavy atom. The van der Waals surface area contributed by atoms with Gasteiger partial charge >= 0.3 is 0 Å². The van der Waals surface area contributed by atoms with Gasteiger partial charge in [-0.3, -0.25) is 4.90 Å². The Hall–Kier alpha value is -2.04. The Kier molecular flexibility index (Phi) is 5.84. The van der Waals surface area contributed by atoms with E-state index in [2.05, 4.69) is 55.1 Å². The number of hydrogen-bond donors (Lipinski definition) is 1. The highest BCUT2D eigenvalue weighted by Gasteiger charge is 2.32. The second-order valence-electron chi connectivity index (χ2n) is 7.13. The molecule has 0 bridgehead atoms. The summed E-state index contributed by atoms with van der Waals surface area (Å²) >= 11 is 0. The zero-order valence-electron chi connectivity index (χ0n) is 16.3. The molecule has 3 rings (SSSR count). The molecular formula is C22H30N2O2. The molecule has 0 amide bonds. The Morgan fingerprint density at radius 2 is 1.77 bits per heavy atom. The van der Waals surface area contributed by atoms with Crippen LogP contribution >= 0.6 is 0 Å². The van der Waals surface area contributed by atoms with E-state index in [-0.39, 0.29) is 12.1 Å². The number of hydrogen-bond acceptors (Lipinski definition) is 4. The van der Waals surface area contributed by atoms with Crippen molar-refractivity contribution in [3.63, 3.8) is 0 Å². The minimum atomic E-state index is 0.0811. The summed E-state index contributed by atoms with van der Waals surface area (Å²) in [6.07, 6.45) is 1.93. The van der Waals surface area contributed by atoms with Gasteiger partial charge in [0.1, 0.15) is 0 Å². The van der Waals surface area contributed by atoms with Crippen LogP contribution in [0, 0.1) is 6.92 Å². The average molecular weight is 354 g/mol. The molecule has 0 spiro atoms. The second kappa shape index (κ2) is 8.11. The number of benzene rings is 2. The van der Waals surface area contributed by atoms with E-state index in [4.69, 9.17) is 15.2 Å². The van der Waals surface area contributed by atoms with Gasteiger partial charge in [0.25, 0.3) is 0 Å². The monoisotopic (exact) mass is 354 g/mol. The summed E-state index contributed by atoms with van der Waals surface area (Å²) in [5.41, 5.74) is 11.8. The summed E-state index contributed by atoms with van der Waals surface area (Å²) < 4.78 is 11.0. The average Bonchev–Trinajstić information content (AvgIpc) is 2.67. The predicted molar refractivity (Wildman–Crippen MR) is 106 cm³/mol. The highest BCUT2D eigenvalue weighted by molar-refractivity contribution is 5.50. The molecule has 4 nitrogen and oxygen atoms in total. The molecule has 1 heterocycles. The summed E-state index contributed by atoms with van der Waals surface area (Å²) in [7, 11) is 3.37. The third-order valence-corrected chi connectivity index (χ3v) is 5.41. The van der Waals surface area contributed by atoms with Crippen LogP contribution in [-0.4, -0.2) is 31.7 Å². The van der Waals surface area contributed by atoms with E-state index in [1.54, 1.807) is 14.2 Å². The van der Waals surface area contributed by atoms with Crippen LogP contribution in [0.2, 0.25) is 0 Å². The van der Waals surface area contributed by atoms with Crippen LogP contribution in [-0.2, 0) is 13.0 Å². The van der Waals surface area contributed by atoms with Gasteiger partial charge in [0.05, 0.1) is 20.3 Å². The Bertz CT molecular complexity index is 743. The first-order valence-electron chi connectivity index (χ1n) is 9.37. The van der Waals surface area contributed by atoms with Gasteiger partial charge in [0.15, 0.2) is 11.5 Å². The number of aryl methyl sites for hydroxylation is 1. The van der Waals surface area contributed by atoms with Crippen LogP contribution in [0.1, 0.15) is 41.6 Å². The third kappa shape index (κ3) is 3.71. The molecule has 4 heteroatoms. The van der Waals surface area contributed by atoms with Gasteiger partial charge in [-0.15, -0.1) is 0 Å². The van der Waals surface area contributed by atoms with E-state index in [0.29, 0.717) is 0 Å². The molecule has 140 valence electrons. The van der Waals surface area contributed by atoms with E-state index in [1.165, 1.54) is 22.3 Å². The fourth-order valence-corrected chi connectivity index (χ4v) is 3.86. The van der Waals surface area contributed by atoms with E-state index in [9.17, 15) is 0 Å². The molecule has 0 aromatic heterocycles. The molecule has 2 aromatic rings. The first-order chi connectivity index (χ1) is 12.6. The molecule has 1 aliphatic heterocycles. The maximum Gasteiger partial charge on any atom is 0.161 e. The van der Waals surface area contributed by atoms with Crippen LogP contribution in [0.25, 0.3) is 0 Å². The van der Waals surface area contributed by atoms with Crippen molar-refractivity contribution in [2.45, 2.75) is 45.3 Å². The van der Waals surface area contributed by atoms with E-state index in [1.807, 2.05) is 0 Å². The summed E-state index contributed by atoms with van der Waals surface area (Å²) in [5, 5.41) is 0. The molecule has 0 saturated heterocycles. The molecule has 0 fully saturated rings. The minimum Gasteiger partial charge on any atom is -0.493 e. The minimum absolute atomic E-state index is 0.0811. The molecule has 0 unspecified atom stereocenters. The van der Waals surface area contributed by atoms with Crippen molar-refractivity contribution < 1.29 is 9.47 Å². The molecule has 2 N–H and O–H groups in total. The lowest BCUT2D eigenvalue weighted by molar-refractivity contribution is 0.149. The van der Waals surface area contributed by atoms with E-state index < -0.39 is 0 Å². The number of rotatable bonds is 6. The largest absolute Gasteiger partial charge is 0.493 e. The number of nitrogens with zero attached hydrogens (tertiary/aromatic N) is 1. The summed E-state index contributed by atoms with van der Waals surface area (Å²) in [6.45, 7) is 6.18. The van der Waals surface area contributed by atoms with Crippen molar-refractivity contribution >= 4 is 0 Å². The van der Waals surface area contributed by atoms with Crippen molar-refractivity contribution in [1.29, 1.82) is 0 Å². The predicted octanol–water partition coefficient (Wildman–Crippen LogP) is 3.85. The van der Waals surface area contributed by atoms with Crippen LogP contribution in [0.3, 0.4) is 0 Å². The number of methoxy groups -OCH3 is 2. The zero-order valence-corrected chi connectivity index (χ0v) is 16.3. The molecule has 26 heavy (non-hydrogen) atoms. The van der Waals surface area contributed by atoms with Gasteiger partial charge in [-0.1, -0.05) is 36.8 Å². The molecule has 0 aliphatic carbocycles. The molecule has 2 aromatic carbocycles. The van der Waals surface area contributed by atoms with Gasteiger partial charge in [-0.2, -0.15) is 0 Å². The number of fused-ring (bicyclic) bond motifs is 1. The topological polar surface area (TPSA) is 47.7 Å². The molecular weight excluding hydrogens is 324 g/mol. The highest BCUT2D eigenvalue weighted by atomic mass is 16.5. The summed E-state index contributed by atoms with van der Waals surface area (Å²) in [4.78, 5) is 2.51. The lowest BCUT2D eigenvalue weighted by Crippen LogP contribution is -2.44. The maximum atomic E-state index is 6.58. The first kappa shape index (κ1) is 18.7. The van der Waals surface area contributed by atoms with Gasteiger partial charge in [-0.25, -0.2) is 0 Å². The normalized spacial score (nSPS) is 18.3. The fraction of sp³-hybridized carbons (Fsp3) is 0.455. The lowest BCUT2D eigenvalue weighted by Gasteiger charge is -2.40. The molecule has 1 aliphatic rings. The van der Waals surface area contributed by atoms with Crippen LogP contribution in [0.5, 0.6) is 11.5 Å². The smallest absolute Gasteiger partial charge is 0.161 e. The maximum absolute atomic E-state index is 6.58. The summed E-state index contributed by atoms with van der Waals surface area (Å²) in [5.74, 6) is 1.57. The van der Waals surface area contributed by atoms with E-state index >= 15 is 0 Å². The molecule has 0 radical (unpaired) electrons. The lowest BCUT2D eigenvalue weighted by atomic mass is 9.86. The Balaban J connectivity index is 1.96. The van der Waals surface area contributed by atoms with Gasteiger partial charge < -0.3 is 15.2 Å². The molecule has 0 saturated carbocycles. The van der Waals surface area contributed by atoms with Gasteiger partial charge in [0.2, 0.25) is 0 Å². The third-order valence-electron chi connectivity index (χ3n) is 5.41. The van der Waals surface area contributed by atoms with Gasteiger partial charge in [-0.05, 0) is 48.6 Å².